The lowest BCUT2D eigenvalue weighted by atomic mass is 10.1. The van der Waals surface area contributed by atoms with E-state index in [9.17, 15) is 19.5 Å². The zero-order valence-corrected chi connectivity index (χ0v) is 21.7. The van der Waals surface area contributed by atoms with Crippen molar-refractivity contribution < 1.29 is 29.0 Å². The number of rotatable bonds is 8. The number of aliphatic hydroxyl groups is 1. The second-order valence-corrected chi connectivity index (χ2v) is 9.77. The van der Waals surface area contributed by atoms with E-state index in [-0.39, 0.29) is 22.9 Å². The molecule has 1 aromatic rings. The summed E-state index contributed by atoms with van der Waals surface area (Å²) in [6, 6.07) is 3.58. The molecule has 3 aliphatic rings. The molecule has 0 aliphatic carbocycles. The average molecular weight is 525 g/mol. The molecule has 0 atom stereocenters. The molecule has 12 heteroatoms. The average Bonchev–Trinajstić information content (AvgIpc) is 3.21. The van der Waals surface area contributed by atoms with E-state index >= 15 is 0 Å². The highest BCUT2D eigenvalue weighted by atomic mass is 16.5. The fourth-order valence-corrected chi connectivity index (χ4v) is 4.33. The van der Waals surface area contributed by atoms with E-state index in [1.54, 1.807) is 30.9 Å². The van der Waals surface area contributed by atoms with Gasteiger partial charge in [0.1, 0.15) is 5.82 Å². The Morgan fingerprint density at radius 3 is 2.66 bits per heavy atom. The van der Waals surface area contributed by atoms with Gasteiger partial charge in [-0.1, -0.05) is 0 Å². The number of anilines is 2. The van der Waals surface area contributed by atoms with Crippen molar-refractivity contribution in [2.45, 2.75) is 32.4 Å². The quantitative estimate of drug-likeness (QED) is 0.224. The van der Waals surface area contributed by atoms with E-state index in [2.05, 4.69) is 20.4 Å². The minimum absolute atomic E-state index is 0.0438. The summed E-state index contributed by atoms with van der Waals surface area (Å²) in [5, 5.41) is 23.6. The number of benzene rings is 1. The molecule has 0 aromatic heterocycles. The number of methoxy groups -OCH3 is 1. The van der Waals surface area contributed by atoms with Gasteiger partial charge in [0.25, 0.3) is 11.8 Å². The Balaban J connectivity index is 1.62. The Hall–Kier alpha value is -4.03. The number of hydrogen-bond acceptors (Lipinski definition) is 10. The lowest BCUT2D eigenvalue weighted by Gasteiger charge is -2.31. The number of nitrogens with zero attached hydrogens (tertiary/aromatic N) is 3. The summed E-state index contributed by atoms with van der Waals surface area (Å²) < 4.78 is 10.1. The van der Waals surface area contributed by atoms with E-state index in [4.69, 9.17) is 10.1 Å². The predicted molar refractivity (Wildman–Crippen MR) is 141 cm³/mol. The van der Waals surface area contributed by atoms with Gasteiger partial charge in [-0.05, 0) is 38.0 Å². The summed E-state index contributed by atoms with van der Waals surface area (Å²) in [5.74, 6) is -1.17. The summed E-state index contributed by atoms with van der Waals surface area (Å²) in [6.07, 6.45) is 3.93. The Morgan fingerprint density at radius 2 is 2.05 bits per heavy atom. The van der Waals surface area contributed by atoms with Crippen LogP contribution >= 0.6 is 0 Å². The Labute approximate surface area is 220 Å². The number of morpholine rings is 1. The Bertz CT molecular complexity index is 1240. The van der Waals surface area contributed by atoms with Crippen LogP contribution in [0, 0.1) is 5.41 Å². The molecule has 12 nitrogen and oxygen atoms in total. The summed E-state index contributed by atoms with van der Waals surface area (Å²) in [6.45, 7) is 6.38. The van der Waals surface area contributed by atoms with Crippen LogP contribution in [0.1, 0.15) is 36.2 Å². The maximum absolute atomic E-state index is 13.3. The van der Waals surface area contributed by atoms with Crippen LogP contribution in [0.2, 0.25) is 0 Å². The number of nitrogens with one attached hydrogen (secondary N) is 3. The van der Waals surface area contributed by atoms with Crippen LogP contribution in [0.4, 0.5) is 11.4 Å². The Morgan fingerprint density at radius 1 is 1.32 bits per heavy atom. The van der Waals surface area contributed by atoms with Crippen LogP contribution in [0.25, 0.3) is 0 Å². The molecule has 1 aromatic carbocycles. The molecule has 1 fully saturated rings. The smallest absolute Gasteiger partial charge is 0.340 e. The normalized spacial score (nSPS) is 18.4. The van der Waals surface area contributed by atoms with Crippen molar-refractivity contribution in [2.75, 3.05) is 50.2 Å². The molecule has 4 rings (SSSR count). The summed E-state index contributed by atoms with van der Waals surface area (Å²) in [5.41, 5.74) is 1.74. The van der Waals surface area contributed by atoms with Gasteiger partial charge in [-0.15, -0.1) is 0 Å². The molecule has 0 unspecified atom stereocenters. The third-order valence-corrected chi connectivity index (χ3v) is 6.46. The lowest BCUT2D eigenvalue weighted by Crippen LogP contribution is -2.37. The second kappa shape index (κ2) is 11.2. The first kappa shape index (κ1) is 27.0. The van der Waals surface area contributed by atoms with Gasteiger partial charge in [-0.3, -0.25) is 9.59 Å². The molecule has 202 valence electrons. The summed E-state index contributed by atoms with van der Waals surface area (Å²) >= 11 is 0. The number of hydrogen-bond donors (Lipinski definition) is 4. The van der Waals surface area contributed by atoms with Crippen molar-refractivity contribution in [3.63, 3.8) is 0 Å². The monoisotopic (exact) mass is 524 g/mol. The molecule has 3 aliphatic heterocycles. The van der Waals surface area contributed by atoms with Gasteiger partial charge in [0.05, 0.1) is 48.4 Å². The molecule has 4 N–H and O–H groups in total. The first-order chi connectivity index (χ1) is 18.1. The fraction of sp³-hybridized carbons (Fsp3) is 0.423. The third kappa shape index (κ3) is 5.92. The predicted octanol–water partition coefficient (Wildman–Crippen LogP) is 1.17. The highest BCUT2D eigenvalue weighted by molar-refractivity contribution is 6.19. The number of carbonyl (C=O) groups excluding carboxylic acids is 3. The van der Waals surface area contributed by atoms with E-state index in [0.717, 1.165) is 11.8 Å². The molecular weight excluding hydrogens is 492 g/mol. The first-order valence-electron chi connectivity index (χ1n) is 12.3. The van der Waals surface area contributed by atoms with Crippen LogP contribution in [-0.2, 0) is 25.6 Å². The molecule has 0 saturated carbocycles. The zero-order chi connectivity index (χ0) is 27.4. The van der Waals surface area contributed by atoms with E-state index in [0.29, 0.717) is 62.8 Å². The van der Waals surface area contributed by atoms with Crippen molar-refractivity contribution in [1.82, 2.24) is 10.2 Å². The van der Waals surface area contributed by atoms with Crippen molar-refractivity contribution in [1.29, 1.82) is 5.41 Å². The standard InChI is InChI=1S/C26H32N6O6/c1-26(2,36)4-5-32-15-16-10-20(21(11-18(16)24(32)34)31-6-8-38-9-7-31)30-23(33)19(12-27)22-28-13-17(14-29-22)25(35)37-3/h10-14,27-28,36H,4-9,15H2,1-3H3,(H,30,33)/b22-19-,27-12?. The third-order valence-electron chi connectivity index (χ3n) is 6.46. The molecule has 38 heavy (non-hydrogen) atoms. The van der Waals surface area contributed by atoms with Crippen LogP contribution in [0.3, 0.4) is 0 Å². The molecule has 0 radical (unpaired) electrons. The lowest BCUT2D eigenvalue weighted by molar-refractivity contribution is -0.135. The minimum atomic E-state index is -0.897. The molecule has 2 amide bonds. The molecule has 0 spiro atoms. The van der Waals surface area contributed by atoms with Crippen LogP contribution in [-0.4, -0.2) is 85.8 Å². The number of aliphatic imine (C=N–C) groups is 1. The number of esters is 1. The minimum Gasteiger partial charge on any atom is -0.465 e. The topological polar surface area (TPSA) is 157 Å². The molecule has 1 saturated heterocycles. The maximum atomic E-state index is 13.3. The molecular formula is C26H32N6O6. The highest BCUT2D eigenvalue weighted by Gasteiger charge is 2.31. The second-order valence-electron chi connectivity index (χ2n) is 9.77. The van der Waals surface area contributed by atoms with Crippen LogP contribution in [0.5, 0.6) is 0 Å². The van der Waals surface area contributed by atoms with E-state index in [1.807, 2.05) is 4.90 Å². The van der Waals surface area contributed by atoms with Gasteiger partial charge in [0.15, 0.2) is 0 Å². The number of amides is 2. The maximum Gasteiger partial charge on any atom is 0.340 e. The number of ether oxygens (including phenoxy) is 2. The highest BCUT2D eigenvalue weighted by Crippen LogP contribution is 2.35. The number of fused-ring (bicyclic) bond motifs is 1. The zero-order valence-electron chi connectivity index (χ0n) is 21.7. The van der Waals surface area contributed by atoms with Gasteiger partial charge in [-0.2, -0.15) is 0 Å². The molecule has 3 heterocycles. The summed E-state index contributed by atoms with van der Waals surface area (Å²) in [4.78, 5) is 46.0. The van der Waals surface area contributed by atoms with Gasteiger partial charge < -0.3 is 40.4 Å². The van der Waals surface area contributed by atoms with Crippen molar-refractivity contribution in [3.05, 3.63) is 46.4 Å². The van der Waals surface area contributed by atoms with Crippen LogP contribution in [0.15, 0.2) is 40.3 Å². The van der Waals surface area contributed by atoms with Gasteiger partial charge >= 0.3 is 5.97 Å². The number of carbonyl (C=O) groups is 3. The summed E-state index contributed by atoms with van der Waals surface area (Å²) in [7, 11) is 1.25. The van der Waals surface area contributed by atoms with Gasteiger partial charge in [0, 0.05) is 50.4 Å². The Kier molecular flexibility index (Phi) is 7.93. The van der Waals surface area contributed by atoms with Crippen molar-refractivity contribution >= 4 is 41.6 Å². The van der Waals surface area contributed by atoms with Crippen molar-refractivity contribution in [3.8, 4) is 0 Å². The SMILES string of the molecule is COC(=O)C1=CN/C(=C(\C=N)C(=O)Nc2cc3c(cc2N2CCOCC2)C(=O)N(CCC(C)(C)O)C3)N=C1. The van der Waals surface area contributed by atoms with E-state index in [1.165, 1.54) is 19.5 Å². The largest absolute Gasteiger partial charge is 0.465 e. The fourth-order valence-electron chi connectivity index (χ4n) is 4.33. The molecule has 0 bridgehead atoms. The first-order valence-corrected chi connectivity index (χ1v) is 12.3. The van der Waals surface area contributed by atoms with Gasteiger partial charge in [-0.25, -0.2) is 9.79 Å². The van der Waals surface area contributed by atoms with E-state index < -0.39 is 17.5 Å². The van der Waals surface area contributed by atoms with Gasteiger partial charge in [0.2, 0.25) is 0 Å². The van der Waals surface area contributed by atoms with Crippen molar-refractivity contribution in [2.24, 2.45) is 4.99 Å². The van der Waals surface area contributed by atoms with Crippen LogP contribution < -0.4 is 15.5 Å².